The molecular formula is C21H19N3O2. The average Bonchev–Trinajstić information content (AvgIpc) is 3.08. The number of hydrogen-bond acceptors (Lipinski definition) is 3. The number of benzene rings is 2. The molecule has 5 heteroatoms. The molecule has 1 fully saturated rings. The van der Waals surface area contributed by atoms with Crippen LogP contribution in [0.25, 0.3) is 6.08 Å². The quantitative estimate of drug-likeness (QED) is 0.843. The smallest absolute Gasteiger partial charge is 0.248 e. The van der Waals surface area contributed by atoms with Gasteiger partial charge in [0.1, 0.15) is 0 Å². The average molecular weight is 345 g/mol. The number of nitrogens with one attached hydrogen (secondary N) is 1. The van der Waals surface area contributed by atoms with Gasteiger partial charge in [0, 0.05) is 30.4 Å². The molecule has 2 aromatic carbocycles. The summed E-state index contributed by atoms with van der Waals surface area (Å²) in [7, 11) is 0. The van der Waals surface area contributed by atoms with Crippen LogP contribution in [-0.2, 0) is 16.0 Å². The maximum atomic E-state index is 12.0. The highest BCUT2D eigenvalue weighted by atomic mass is 16.2. The molecule has 0 saturated carbocycles. The van der Waals surface area contributed by atoms with E-state index in [1.54, 1.807) is 23.1 Å². The number of nitrogens with zero attached hydrogens (tertiary/aromatic N) is 2. The zero-order valence-corrected chi connectivity index (χ0v) is 14.3. The standard InChI is InChI=1S/C21H19N3O2/c22-14-13-17-3-8-18(9-4-17)23-20(25)12-7-16-5-10-19(11-6-16)24-15-1-2-21(24)26/h3-12H,1-2,13,15H2,(H,23,25)/b12-7+. The van der Waals surface area contributed by atoms with E-state index >= 15 is 0 Å². The Morgan fingerprint density at radius 2 is 1.88 bits per heavy atom. The third-order valence-corrected chi connectivity index (χ3v) is 4.21. The Morgan fingerprint density at radius 1 is 1.15 bits per heavy atom. The molecule has 2 aromatic rings. The second-order valence-electron chi connectivity index (χ2n) is 6.09. The van der Waals surface area contributed by atoms with Gasteiger partial charge in [0.25, 0.3) is 0 Å². The van der Waals surface area contributed by atoms with E-state index in [2.05, 4.69) is 11.4 Å². The van der Waals surface area contributed by atoms with Gasteiger partial charge < -0.3 is 10.2 Å². The van der Waals surface area contributed by atoms with Crippen molar-refractivity contribution in [3.63, 3.8) is 0 Å². The number of hydrogen-bond donors (Lipinski definition) is 1. The van der Waals surface area contributed by atoms with Crippen LogP contribution in [0, 0.1) is 11.3 Å². The molecule has 1 saturated heterocycles. The van der Waals surface area contributed by atoms with E-state index in [0.717, 1.165) is 29.8 Å². The van der Waals surface area contributed by atoms with Gasteiger partial charge in [-0.05, 0) is 47.9 Å². The summed E-state index contributed by atoms with van der Waals surface area (Å²) in [6, 6.07) is 16.9. The Labute approximate surface area is 152 Å². The molecule has 0 atom stereocenters. The lowest BCUT2D eigenvalue weighted by Crippen LogP contribution is -2.23. The number of anilines is 2. The minimum absolute atomic E-state index is 0.161. The summed E-state index contributed by atoms with van der Waals surface area (Å²) in [4.78, 5) is 25.5. The van der Waals surface area contributed by atoms with Crippen LogP contribution < -0.4 is 10.2 Å². The molecule has 0 aromatic heterocycles. The largest absolute Gasteiger partial charge is 0.323 e. The predicted octanol–water partition coefficient (Wildman–Crippen LogP) is 3.53. The lowest BCUT2D eigenvalue weighted by Gasteiger charge is -2.15. The highest BCUT2D eigenvalue weighted by Crippen LogP contribution is 2.22. The van der Waals surface area contributed by atoms with Gasteiger partial charge in [-0.2, -0.15) is 5.26 Å². The molecule has 26 heavy (non-hydrogen) atoms. The molecule has 0 unspecified atom stereocenters. The molecule has 5 nitrogen and oxygen atoms in total. The minimum atomic E-state index is -0.225. The zero-order valence-electron chi connectivity index (χ0n) is 14.3. The molecule has 2 amide bonds. The number of rotatable bonds is 5. The van der Waals surface area contributed by atoms with Gasteiger partial charge in [0.2, 0.25) is 11.8 Å². The van der Waals surface area contributed by atoms with Gasteiger partial charge in [-0.25, -0.2) is 0 Å². The lowest BCUT2D eigenvalue weighted by atomic mass is 10.1. The Balaban J connectivity index is 1.57. The number of carbonyl (C=O) groups is 2. The molecule has 130 valence electrons. The maximum Gasteiger partial charge on any atom is 0.248 e. The summed E-state index contributed by atoms with van der Waals surface area (Å²) in [5, 5.41) is 11.4. The van der Waals surface area contributed by atoms with E-state index in [9.17, 15) is 9.59 Å². The van der Waals surface area contributed by atoms with Crippen molar-refractivity contribution in [2.75, 3.05) is 16.8 Å². The third kappa shape index (κ3) is 4.37. The van der Waals surface area contributed by atoms with Crippen molar-refractivity contribution >= 4 is 29.3 Å². The predicted molar refractivity (Wildman–Crippen MR) is 101 cm³/mol. The molecular weight excluding hydrogens is 326 g/mol. The first kappa shape index (κ1) is 17.4. The van der Waals surface area contributed by atoms with E-state index < -0.39 is 0 Å². The van der Waals surface area contributed by atoms with Crippen LogP contribution in [0.3, 0.4) is 0 Å². The summed E-state index contributed by atoms with van der Waals surface area (Å²) < 4.78 is 0. The first-order valence-corrected chi connectivity index (χ1v) is 8.51. The molecule has 1 N–H and O–H groups in total. The molecule has 0 aliphatic carbocycles. The SMILES string of the molecule is N#CCc1ccc(NC(=O)/C=C/c2ccc(N3CCCC3=O)cc2)cc1. The summed E-state index contributed by atoms with van der Waals surface area (Å²) in [6.07, 6.45) is 5.07. The Hall–Kier alpha value is -3.39. The minimum Gasteiger partial charge on any atom is -0.323 e. The summed E-state index contributed by atoms with van der Waals surface area (Å²) in [5.74, 6) is -0.0645. The van der Waals surface area contributed by atoms with Gasteiger partial charge in [-0.3, -0.25) is 9.59 Å². The van der Waals surface area contributed by atoms with Gasteiger partial charge in [-0.15, -0.1) is 0 Å². The molecule has 3 rings (SSSR count). The van der Waals surface area contributed by atoms with Crippen LogP contribution in [0.1, 0.15) is 24.0 Å². The first-order chi connectivity index (χ1) is 12.7. The van der Waals surface area contributed by atoms with Crippen LogP contribution in [-0.4, -0.2) is 18.4 Å². The fourth-order valence-electron chi connectivity index (χ4n) is 2.84. The van der Waals surface area contributed by atoms with E-state index in [-0.39, 0.29) is 11.8 Å². The highest BCUT2D eigenvalue weighted by Gasteiger charge is 2.21. The first-order valence-electron chi connectivity index (χ1n) is 8.51. The van der Waals surface area contributed by atoms with Crippen LogP contribution in [0.2, 0.25) is 0 Å². The molecule has 1 aliphatic heterocycles. The third-order valence-electron chi connectivity index (χ3n) is 4.21. The summed E-state index contributed by atoms with van der Waals surface area (Å²) in [5.41, 5.74) is 3.38. The van der Waals surface area contributed by atoms with Crippen molar-refractivity contribution in [2.24, 2.45) is 0 Å². The van der Waals surface area contributed by atoms with Crippen molar-refractivity contribution in [3.05, 3.63) is 65.7 Å². The van der Waals surface area contributed by atoms with Gasteiger partial charge in [0.05, 0.1) is 12.5 Å². The number of carbonyl (C=O) groups excluding carboxylic acids is 2. The van der Waals surface area contributed by atoms with E-state index in [1.165, 1.54) is 6.08 Å². The number of amides is 2. The molecule has 1 heterocycles. The lowest BCUT2D eigenvalue weighted by molar-refractivity contribution is -0.117. The van der Waals surface area contributed by atoms with E-state index in [0.29, 0.717) is 18.5 Å². The normalized spacial score (nSPS) is 13.8. The summed E-state index contributed by atoms with van der Waals surface area (Å²) in [6.45, 7) is 0.767. The van der Waals surface area contributed by atoms with E-state index in [1.807, 2.05) is 36.4 Å². The van der Waals surface area contributed by atoms with Crippen molar-refractivity contribution in [2.45, 2.75) is 19.3 Å². The van der Waals surface area contributed by atoms with E-state index in [4.69, 9.17) is 5.26 Å². The van der Waals surface area contributed by atoms with Gasteiger partial charge in [0.15, 0.2) is 0 Å². The van der Waals surface area contributed by atoms with Crippen molar-refractivity contribution in [3.8, 4) is 6.07 Å². The van der Waals surface area contributed by atoms with Crippen molar-refractivity contribution < 1.29 is 9.59 Å². The van der Waals surface area contributed by atoms with Crippen LogP contribution in [0.15, 0.2) is 54.6 Å². The van der Waals surface area contributed by atoms with Crippen LogP contribution in [0.4, 0.5) is 11.4 Å². The Morgan fingerprint density at radius 3 is 2.50 bits per heavy atom. The molecule has 1 aliphatic rings. The molecule has 0 spiro atoms. The second kappa shape index (κ2) is 8.13. The Kier molecular flexibility index (Phi) is 5.45. The maximum absolute atomic E-state index is 12.0. The van der Waals surface area contributed by atoms with Crippen molar-refractivity contribution in [1.29, 1.82) is 5.26 Å². The number of nitriles is 1. The fraction of sp³-hybridized carbons (Fsp3) is 0.190. The van der Waals surface area contributed by atoms with Gasteiger partial charge >= 0.3 is 0 Å². The summed E-state index contributed by atoms with van der Waals surface area (Å²) >= 11 is 0. The van der Waals surface area contributed by atoms with Crippen molar-refractivity contribution in [1.82, 2.24) is 0 Å². The monoisotopic (exact) mass is 345 g/mol. The molecule has 0 bridgehead atoms. The van der Waals surface area contributed by atoms with Crippen LogP contribution in [0.5, 0.6) is 0 Å². The Bertz CT molecular complexity index is 862. The zero-order chi connectivity index (χ0) is 18.4. The van der Waals surface area contributed by atoms with Crippen LogP contribution >= 0.6 is 0 Å². The van der Waals surface area contributed by atoms with Gasteiger partial charge in [-0.1, -0.05) is 24.3 Å². The molecule has 0 radical (unpaired) electrons. The topological polar surface area (TPSA) is 73.2 Å². The second-order valence-corrected chi connectivity index (χ2v) is 6.09. The highest BCUT2D eigenvalue weighted by molar-refractivity contribution is 6.02. The fourth-order valence-corrected chi connectivity index (χ4v) is 2.84.